The van der Waals surface area contributed by atoms with E-state index < -0.39 is 84.9 Å². The van der Waals surface area contributed by atoms with Gasteiger partial charge in [0.05, 0.1) is 12.5 Å². The zero-order valence-electron chi connectivity index (χ0n) is 17.5. The fourth-order valence-corrected chi connectivity index (χ4v) is 2.66. The van der Waals surface area contributed by atoms with Crippen molar-refractivity contribution in [3.63, 3.8) is 0 Å². The third-order valence-electron chi connectivity index (χ3n) is 4.15. The van der Waals surface area contributed by atoms with Crippen LogP contribution in [0.4, 0.5) is 0 Å². The SMILES string of the molecule is NC(=O)CCC(NC(=O)C(CCC(=O)O)NC(=O)C(CS)NC(=O)C(N)CC(N)=O)C(=O)O. The lowest BCUT2D eigenvalue weighted by Gasteiger charge is -2.24. The smallest absolute Gasteiger partial charge is 0.326 e. The van der Waals surface area contributed by atoms with E-state index >= 15 is 0 Å². The molecular formula is C17H28N6O9S. The number of hydrogen-bond donors (Lipinski definition) is 9. The Labute approximate surface area is 193 Å². The molecule has 4 atom stereocenters. The molecule has 0 aliphatic heterocycles. The third kappa shape index (κ3) is 12.3. The first-order valence-corrected chi connectivity index (χ1v) is 10.2. The van der Waals surface area contributed by atoms with Crippen molar-refractivity contribution in [3.8, 4) is 0 Å². The van der Waals surface area contributed by atoms with Crippen LogP contribution in [0.5, 0.6) is 0 Å². The van der Waals surface area contributed by atoms with Crippen LogP contribution in [0.15, 0.2) is 0 Å². The van der Waals surface area contributed by atoms with Crippen molar-refractivity contribution in [2.24, 2.45) is 17.2 Å². The largest absolute Gasteiger partial charge is 0.481 e. The van der Waals surface area contributed by atoms with Gasteiger partial charge in [0.2, 0.25) is 29.5 Å². The lowest BCUT2D eigenvalue weighted by Crippen LogP contribution is -2.58. The van der Waals surface area contributed by atoms with Gasteiger partial charge in [-0.25, -0.2) is 4.79 Å². The molecule has 0 aromatic carbocycles. The van der Waals surface area contributed by atoms with Crippen molar-refractivity contribution in [1.82, 2.24) is 16.0 Å². The minimum atomic E-state index is -1.53. The Kier molecular flexibility index (Phi) is 13.1. The van der Waals surface area contributed by atoms with E-state index in [0.717, 1.165) is 0 Å². The molecule has 5 amide bonds. The van der Waals surface area contributed by atoms with Crippen LogP contribution in [-0.2, 0) is 33.6 Å². The maximum atomic E-state index is 12.5. The average molecular weight is 493 g/mol. The summed E-state index contributed by atoms with van der Waals surface area (Å²) in [4.78, 5) is 81.1. The highest BCUT2D eigenvalue weighted by Crippen LogP contribution is 2.04. The molecule has 0 heterocycles. The van der Waals surface area contributed by atoms with Gasteiger partial charge in [0.15, 0.2) is 0 Å². The Hall–Kier alpha value is -3.40. The van der Waals surface area contributed by atoms with Gasteiger partial charge in [-0.3, -0.25) is 28.8 Å². The molecule has 0 rings (SSSR count). The molecule has 0 radical (unpaired) electrons. The van der Waals surface area contributed by atoms with Gasteiger partial charge in [-0.05, 0) is 12.8 Å². The number of primary amides is 2. The molecule has 11 N–H and O–H groups in total. The van der Waals surface area contributed by atoms with Crippen LogP contribution in [0.25, 0.3) is 0 Å². The summed E-state index contributed by atoms with van der Waals surface area (Å²) in [6.45, 7) is 0. The first-order chi connectivity index (χ1) is 15.3. The maximum absolute atomic E-state index is 12.5. The minimum Gasteiger partial charge on any atom is -0.481 e. The Morgan fingerprint density at radius 1 is 0.727 bits per heavy atom. The van der Waals surface area contributed by atoms with Gasteiger partial charge >= 0.3 is 11.9 Å². The number of nitrogens with one attached hydrogen (secondary N) is 3. The minimum absolute atomic E-state index is 0.259. The van der Waals surface area contributed by atoms with E-state index in [1.807, 2.05) is 0 Å². The second kappa shape index (κ2) is 14.6. The number of carboxylic acid groups (broad SMARTS) is 2. The second-order valence-electron chi connectivity index (χ2n) is 6.92. The molecule has 0 saturated carbocycles. The van der Waals surface area contributed by atoms with Crippen LogP contribution in [0.3, 0.4) is 0 Å². The predicted octanol–water partition coefficient (Wildman–Crippen LogP) is -4.21. The lowest BCUT2D eigenvalue weighted by molar-refractivity contribution is -0.143. The van der Waals surface area contributed by atoms with Crippen molar-refractivity contribution < 1.29 is 43.8 Å². The Bertz CT molecular complexity index is 778. The quantitative estimate of drug-likeness (QED) is 0.0936. The number of nitrogens with two attached hydrogens (primary N) is 3. The van der Waals surface area contributed by atoms with Crippen molar-refractivity contribution >= 4 is 54.1 Å². The van der Waals surface area contributed by atoms with Crippen molar-refractivity contribution in [1.29, 1.82) is 0 Å². The van der Waals surface area contributed by atoms with E-state index in [0.29, 0.717) is 0 Å². The Morgan fingerprint density at radius 3 is 1.67 bits per heavy atom. The number of thiol groups is 1. The molecule has 16 heteroatoms. The molecule has 15 nitrogen and oxygen atoms in total. The first-order valence-electron chi connectivity index (χ1n) is 9.57. The van der Waals surface area contributed by atoms with E-state index in [2.05, 4.69) is 28.6 Å². The number of carboxylic acids is 2. The van der Waals surface area contributed by atoms with Gasteiger partial charge in [0.25, 0.3) is 0 Å². The summed E-state index contributed by atoms with van der Waals surface area (Å²) >= 11 is 3.93. The number of hydrogen-bond acceptors (Lipinski definition) is 9. The van der Waals surface area contributed by atoms with Crippen molar-refractivity contribution in [2.45, 2.75) is 56.3 Å². The standard InChI is InChI=1S/C17H28N6O9S/c18-7(5-12(20)25)14(28)23-10(6-33)16(30)21-8(2-4-13(26)27)15(29)22-9(17(31)32)1-3-11(19)24/h7-10,33H,1-6,18H2,(H2,19,24)(H2,20,25)(H,21,30)(H,22,29)(H,23,28)(H,26,27)(H,31,32). The van der Waals surface area contributed by atoms with E-state index in [1.165, 1.54) is 0 Å². The zero-order valence-corrected chi connectivity index (χ0v) is 18.4. The Morgan fingerprint density at radius 2 is 1.21 bits per heavy atom. The molecule has 0 aromatic heterocycles. The summed E-state index contributed by atoms with van der Waals surface area (Å²) in [6.07, 6.45) is -2.13. The van der Waals surface area contributed by atoms with Gasteiger partial charge in [-0.2, -0.15) is 12.6 Å². The maximum Gasteiger partial charge on any atom is 0.326 e. The molecule has 0 aliphatic carbocycles. The lowest BCUT2D eigenvalue weighted by atomic mass is 10.1. The number of rotatable bonds is 16. The molecule has 0 saturated heterocycles. The summed E-state index contributed by atoms with van der Waals surface area (Å²) < 4.78 is 0. The number of carbonyl (C=O) groups is 7. The molecule has 33 heavy (non-hydrogen) atoms. The number of aliphatic carboxylic acids is 2. The van der Waals surface area contributed by atoms with Crippen LogP contribution in [-0.4, -0.2) is 81.6 Å². The van der Waals surface area contributed by atoms with Crippen molar-refractivity contribution in [3.05, 3.63) is 0 Å². The van der Waals surface area contributed by atoms with Crippen LogP contribution in [0, 0.1) is 0 Å². The topological polar surface area (TPSA) is 274 Å². The van der Waals surface area contributed by atoms with E-state index in [-0.39, 0.29) is 18.6 Å². The van der Waals surface area contributed by atoms with Gasteiger partial charge in [0.1, 0.15) is 18.1 Å². The molecule has 0 bridgehead atoms. The molecular weight excluding hydrogens is 464 g/mol. The highest BCUT2D eigenvalue weighted by Gasteiger charge is 2.30. The average Bonchev–Trinajstić information content (AvgIpc) is 2.70. The monoisotopic (exact) mass is 492 g/mol. The summed E-state index contributed by atoms with van der Waals surface area (Å²) in [5, 5.41) is 24.6. The fraction of sp³-hybridized carbons (Fsp3) is 0.588. The molecule has 0 spiro atoms. The highest BCUT2D eigenvalue weighted by molar-refractivity contribution is 7.80. The van der Waals surface area contributed by atoms with Crippen LogP contribution in [0.2, 0.25) is 0 Å². The zero-order chi connectivity index (χ0) is 25.7. The third-order valence-corrected chi connectivity index (χ3v) is 4.51. The van der Waals surface area contributed by atoms with Crippen LogP contribution < -0.4 is 33.2 Å². The summed E-state index contributed by atoms with van der Waals surface area (Å²) in [5.41, 5.74) is 15.4. The van der Waals surface area contributed by atoms with Crippen LogP contribution >= 0.6 is 12.6 Å². The number of amides is 5. The first kappa shape index (κ1) is 29.6. The molecule has 0 aliphatic rings. The molecule has 4 unspecified atom stereocenters. The summed E-state index contributed by atoms with van der Waals surface area (Å²) in [6, 6.07) is -5.69. The summed E-state index contributed by atoms with van der Waals surface area (Å²) in [5.74, 6) is -7.54. The van der Waals surface area contributed by atoms with E-state index in [9.17, 15) is 38.7 Å². The highest BCUT2D eigenvalue weighted by atomic mass is 32.1. The van der Waals surface area contributed by atoms with Gasteiger partial charge < -0.3 is 43.4 Å². The van der Waals surface area contributed by atoms with Crippen LogP contribution in [0.1, 0.15) is 32.1 Å². The Balaban J connectivity index is 5.36. The normalized spacial score (nSPS) is 14.1. The molecule has 186 valence electrons. The fourth-order valence-electron chi connectivity index (χ4n) is 2.41. The second-order valence-corrected chi connectivity index (χ2v) is 7.28. The number of carbonyl (C=O) groups excluding carboxylic acids is 5. The van der Waals surface area contributed by atoms with Gasteiger partial charge in [0, 0.05) is 18.6 Å². The van der Waals surface area contributed by atoms with Gasteiger partial charge in [-0.15, -0.1) is 0 Å². The molecule has 0 aromatic rings. The summed E-state index contributed by atoms with van der Waals surface area (Å²) in [7, 11) is 0. The van der Waals surface area contributed by atoms with E-state index in [1.54, 1.807) is 0 Å². The predicted molar refractivity (Wildman–Crippen MR) is 114 cm³/mol. The van der Waals surface area contributed by atoms with Crippen molar-refractivity contribution in [2.75, 3.05) is 5.75 Å². The van der Waals surface area contributed by atoms with E-state index in [4.69, 9.17) is 22.3 Å². The molecule has 0 fully saturated rings. The van der Waals surface area contributed by atoms with Gasteiger partial charge in [-0.1, -0.05) is 0 Å².